The number of rotatable bonds is 5. The van der Waals surface area contributed by atoms with Crippen LogP contribution in [-0.4, -0.2) is 30.2 Å². The number of anilines is 2. The van der Waals surface area contributed by atoms with Crippen LogP contribution in [0.25, 0.3) is 10.8 Å². The third kappa shape index (κ3) is 4.98. The predicted octanol–water partition coefficient (Wildman–Crippen LogP) is 3.73. The van der Waals surface area contributed by atoms with E-state index in [2.05, 4.69) is 32.0 Å². The molecule has 0 spiro atoms. The van der Waals surface area contributed by atoms with Gasteiger partial charge in [-0.25, -0.2) is 14.8 Å². The maximum absolute atomic E-state index is 11.5. The molecule has 2 heterocycles. The van der Waals surface area contributed by atoms with Crippen molar-refractivity contribution in [1.82, 2.24) is 15.3 Å². The minimum absolute atomic E-state index is 0. The van der Waals surface area contributed by atoms with E-state index >= 15 is 0 Å². The zero-order valence-electron chi connectivity index (χ0n) is 15.4. The molecule has 0 aliphatic carbocycles. The molecule has 0 saturated heterocycles. The van der Waals surface area contributed by atoms with Crippen LogP contribution in [0.5, 0.6) is 5.88 Å². The standard InChI is InChI=1S/C19H21N5O2.ClH/c1-12-6-15(21-9-13-4-5-18(26-3)23-10-13)7-14-8-17(22-11-16(12)14)24-19(25)20-2;/h4-8,10-11,21H,9H2,1-3H3,(H2,20,22,24,25);1H. The van der Waals surface area contributed by atoms with Gasteiger partial charge in [-0.05, 0) is 41.6 Å². The van der Waals surface area contributed by atoms with E-state index in [1.165, 1.54) is 0 Å². The van der Waals surface area contributed by atoms with Crippen molar-refractivity contribution in [2.24, 2.45) is 0 Å². The molecule has 3 rings (SSSR count). The van der Waals surface area contributed by atoms with Crippen molar-refractivity contribution in [3.05, 3.63) is 53.9 Å². The highest BCUT2D eigenvalue weighted by Crippen LogP contribution is 2.25. The van der Waals surface area contributed by atoms with E-state index in [1.54, 1.807) is 26.6 Å². The molecule has 0 unspecified atom stereocenters. The number of hydrogen-bond donors (Lipinski definition) is 3. The fourth-order valence-corrected chi connectivity index (χ4v) is 2.63. The first kappa shape index (κ1) is 20.3. The van der Waals surface area contributed by atoms with Crippen molar-refractivity contribution < 1.29 is 9.53 Å². The van der Waals surface area contributed by atoms with Gasteiger partial charge in [0, 0.05) is 43.1 Å². The van der Waals surface area contributed by atoms with Gasteiger partial charge in [-0.3, -0.25) is 5.32 Å². The van der Waals surface area contributed by atoms with Crippen molar-refractivity contribution >= 4 is 40.7 Å². The van der Waals surface area contributed by atoms with Gasteiger partial charge in [0.25, 0.3) is 0 Å². The Morgan fingerprint density at radius 3 is 2.63 bits per heavy atom. The van der Waals surface area contributed by atoms with Gasteiger partial charge in [-0.2, -0.15) is 0 Å². The van der Waals surface area contributed by atoms with Gasteiger partial charge in [-0.1, -0.05) is 6.07 Å². The minimum atomic E-state index is -0.296. The van der Waals surface area contributed by atoms with Crippen LogP contribution < -0.4 is 20.7 Å². The van der Waals surface area contributed by atoms with E-state index in [1.807, 2.05) is 31.2 Å². The van der Waals surface area contributed by atoms with Gasteiger partial charge in [0.15, 0.2) is 0 Å². The van der Waals surface area contributed by atoms with Crippen LogP contribution in [0.4, 0.5) is 16.3 Å². The first-order chi connectivity index (χ1) is 12.6. The lowest BCUT2D eigenvalue weighted by molar-refractivity contribution is 0.254. The molecule has 0 radical (unpaired) electrons. The van der Waals surface area contributed by atoms with E-state index in [-0.39, 0.29) is 18.4 Å². The van der Waals surface area contributed by atoms with Gasteiger partial charge >= 0.3 is 6.03 Å². The third-order valence-electron chi connectivity index (χ3n) is 4.02. The zero-order chi connectivity index (χ0) is 18.5. The normalized spacial score (nSPS) is 10.0. The number of fused-ring (bicyclic) bond motifs is 1. The number of nitrogens with one attached hydrogen (secondary N) is 3. The van der Waals surface area contributed by atoms with Crippen LogP contribution in [-0.2, 0) is 6.54 Å². The fourth-order valence-electron chi connectivity index (χ4n) is 2.63. The first-order valence-corrected chi connectivity index (χ1v) is 8.21. The van der Waals surface area contributed by atoms with Gasteiger partial charge in [0.1, 0.15) is 5.82 Å². The average molecular weight is 388 g/mol. The Morgan fingerprint density at radius 2 is 1.96 bits per heavy atom. The number of pyridine rings is 2. The van der Waals surface area contributed by atoms with Crippen LogP contribution >= 0.6 is 12.4 Å². The molecule has 1 aromatic carbocycles. The number of aryl methyl sites for hydroxylation is 1. The number of carbonyl (C=O) groups excluding carboxylic acids is 1. The van der Waals surface area contributed by atoms with Crippen molar-refractivity contribution in [3.8, 4) is 5.88 Å². The maximum Gasteiger partial charge on any atom is 0.320 e. The summed E-state index contributed by atoms with van der Waals surface area (Å²) < 4.78 is 5.07. The Hall–Kier alpha value is -3.06. The number of urea groups is 1. The molecule has 0 bridgehead atoms. The minimum Gasteiger partial charge on any atom is -0.481 e. The number of halogens is 1. The number of hydrogen-bond acceptors (Lipinski definition) is 5. The van der Waals surface area contributed by atoms with Crippen molar-refractivity contribution in [3.63, 3.8) is 0 Å². The molecule has 27 heavy (non-hydrogen) atoms. The van der Waals surface area contributed by atoms with Crippen LogP contribution in [0.1, 0.15) is 11.1 Å². The number of aromatic nitrogens is 2. The molecule has 0 saturated carbocycles. The summed E-state index contributed by atoms with van der Waals surface area (Å²) in [5.74, 6) is 1.10. The van der Waals surface area contributed by atoms with Gasteiger partial charge in [0.05, 0.1) is 7.11 Å². The van der Waals surface area contributed by atoms with E-state index in [0.29, 0.717) is 18.2 Å². The van der Waals surface area contributed by atoms with E-state index in [4.69, 9.17) is 4.74 Å². The van der Waals surface area contributed by atoms with E-state index < -0.39 is 0 Å². The Kier molecular flexibility index (Phi) is 6.79. The maximum atomic E-state index is 11.5. The van der Waals surface area contributed by atoms with Crippen LogP contribution in [0, 0.1) is 6.92 Å². The lowest BCUT2D eigenvalue weighted by Crippen LogP contribution is -2.24. The van der Waals surface area contributed by atoms with Gasteiger partial charge < -0.3 is 15.4 Å². The molecule has 7 nitrogen and oxygen atoms in total. The summed E-state index contributed by atoms with van der Waals surface area (Å²) in [6.45, 7) is 2.69. The molecule has 0 fully saturated rings. The molecule has 2 amide bonds. The molecular formula is C19H22ClN5O2. The summed E-state index contributed by atoms with van der Waals surface area (Å²) in [7, 11) is 3.16. The summed E-state index contributed by atoms with van der Waals surface area (Å²) in [6, 6.07) is 9.49. The Bertz CT molecular complexity index is 931. The first-order valence-electron chi connectivity index (χ1n) is 8.21. The molecule has 0 atom stereocenters. The lowest BCUT2D eigenvalue weighted by Gasteiger charge is -2.11. The quantitative estimate of drug-likeness (QED) is 0.620. The van der Waals surface area contributed by atoms with Crippen LogP contribution in [0.15, 0.2) is 42.7 Å². The van der Waals surface area contributed by atoms with Crippen LogP contribution in [0.3, 0.4) is 0 Å². The predicted molar refractivity (Wildman–Crippen MR) is 110 cm³/mol. The van der Waals surface area contributed by atoms with Crippen LogP contribution in [0.2, 0.25) is 0 Å². The van der Waals surface area contributed by atoms with E-state index in [0.717, 1.165) is 27.6 Å². The summed E-state index contributed by atoms with van der Waals surface area (Å²) in [6.07, 6.45) is 3.56. The second kappa shape index (κ2) is 9.05. The summed E-state index contributed by atoms with van der Waals surface area (Å²) in [5, 5.41) is 10.7. The highest BCUT2D eigenvalue weighted by atomic mass is 35.5. The SMILES string of the molecule is CNC(=O)Nc1cc2cc(NCc3ccc(OC)nc3)cc(C)c2cn1.Cl. The number of methoxy groups -OCH3 is 1. The highest BCUT2D eigenvalue weighted by Gasteiger charge is 2.06. The Morgan fingerprint density at radius 1 is 1.15 bits per heavy atom. The molecule has 3 N–H and O–H groups in total. The zero-order valence-corrected chi connectivity index (χ0v) is 16.2. The van der Waals surface area contributed by atoms with Gasteiger partial charge in [0.2, 0.25) is 5.88 Å². The number of amides is 2. The lowest BCUT2D eigenvalue weighted by atomic mass is 10.1. The van der Waals surface area contributed by atoms with E-state index in [9.17, 15) is 4.79 Å². The fraction of sp³-hybridized carbons (Fsp3) is 0.211. The van der Waals surface area contributed by atoms with Crippen molar-refractivity contribution in [1.29, 1.82) is 0 Å². The summed E-state index contributed by atoms with van der Waals surface area (Å²) in [5.41, 5.74) is 3.15. The molecule has 2 aromatic heterocycles. The summed E-state index contributed by atoms with van der Waals surface area (Å²) in [4.78, 5) is 20.0. The number of carbonyl (C=O) groups is 1. The molecule has 142 valence electrons. The Balaban J connectivity index is 0.00000261. The third-order valence-corrected chi connectivity index (χ3v) is 4.02. The molecule has 0 aliphatic rings. The highest BCUT2D eigenvalue weighted by molar-refractivity contribution is 5.93. The second-order valence-electron chi connectivity index (χ2n) is 5.85. The van der Waals surface area contributed by atoms with Crippen molar-refractivity contribution in [2.75, 3.05) is 24.8 Å². The van der Waals surface area contributed by atoms with Gasteiger partial charge in [-0.15, -0.1) is 12.4 Å². The molecule has 0 aliphatic heterocycles. The average Bonchev–Trinajstić information content (AvgIpc) is 2.66. The Labute approximate surface area is 164 Å². The number of benzene rings is 1. The second-order valence-corrected chi connectivity index (χ2v) is 5.85. The number of nitrogens with zero attached hydrogens (tertiary/aromatic N) is 2. The topological polar surface area (TPSA) is 88.2 Å². The smallest absolute Gasteiger partial charge is 0.320 e. The molecular weight excluding hydrogens is 366 g/mol. The monoisotopic (exact) mass is 387 g/mol. The number of ether oxygens (including phenoxy) is 1. The summed E-state index contributed by atoms with van der Waals surface area (Å²) >= 11 is 0. The largest absolute Gasteiger partial charge is 0.481 e. The molecule has 8 heteroatoms. The molecule has 3 aromatic rings. The van der Waals surface area contributed by atoms with Crippen molar-refractivity contribution in [2.45, 2.75) is 13.5 Å².